The average molecular weight is 387 g/mol. The van der Waals surface area contributed by atoms with Gasteiger partial charge in [-0.25, -0.2) is 0 Å². The summed E-state index contributed by atoms with van der Waals surface area (Å²) in [5, 5.41) is 16.2. The molecule has 1 amide bonds. The maximum atomic E-state index is 12.6. The third-order valence-corrected chi connectivity index (χ3v) is 4.64. The third kappa shape index (κ3) is 5.33. The number of aryl methyl sites for hydroxylation is 2. The van der Waals surface area contributed by atoms with E-state index < -0.39 is 0 Å². The molecular formula is C18H21N5O3S. The zero-order valence-electron chi connectivity index (χ0n) is 15.3. The fourth-order valence-electron chi connectivity index (χ4n) is 2.42. The van der Waals surface area contributed by atoms with E-state index in [1.807, 2.05) is 0 Å². The summed E-state index contributed by atoms with van der Waals surface area (Å²) in [6.45, 7) is 3.98. The Bertz CT molecular complexity index is 893. The molecule has 142 valence electrons. The molecule has 3 aromatic rings. The van der Waals surface area contributed by atoms with Crippen molar-refractivity contribution in [2.24, 2.45) is 0 Å². The standard InChI is InChI=1S/C18H21N5O3S/c1-3-4-5-10-16-21-22-18(27-16)20-17(24)13-8-6-7-9-14(13)25-11-15-19-12(2)26-23-15/h6-9H,3-5,10-11H2,1-2H3,(H,20,22,24). The molecule has 0 aliphatic carbocycles. The van der Waals surface area contributed by atoms with Gasteiger partial charge in [-0.15, -0.1) is 10.2 Å². The van der Waals surface area contributed by atoms with Crippen molar-refractivity contribution in [1.82, 2.24) is 20.3 Å². The Balaban J connectivity index is 1.62. The maximum Gasteiger partial charge on any atom is 0.261 e. The third-order valence-electron chi connectivity index (χ3n) is 3.74. The Labute approximate surface area is 161 Å². The van der Waals surface area contributed by atoms with E-state index >= 15 is 0 Å². The van der Waals surface area contributed by atoms with Gasteiger partial charge in [0.25, 0.3) is 5.91 Å². The largest absolute Gasteiger partial charge is 0.485 e. The lowest BCUT2D eigenvalue weighted by Gasteiger charge is -2.09. The molecule has 8 nitrogen and oxygen atoms in total. The fourth-order valence-corrected chi connectivity index (χ4v) is 3.19. The minimum atomic E-state index is -0.300. The molecule has 0 saturated carbocycles. The zero-order valence-corrected chi connectivity index (χ0v) is 16.1. The summed E-state index contributed by atoms with van der Waals surface area (Å²) in [6, 6.07) is 6.98. The van der Waals surface area contributed by atoms with Gasteiger partial charge in [0, 0.05) is 13.3 Å². The van der Waals surface area contributed by atoms with Crippen molar-refractivity contribution in [3.05, 3.63) is 46.6 Å². The molecule has 0 aliphatic rings. The highest BCUT2D eigenvalue weighted by atomic mass is 32.1. The van der Waals surface area contributed by atoms with Crippen LogP contribution in [0.1, 0.15) is 53.3 Å². The summed E-state index contributed by atoms with van der Waals surface area (Å²) < 4.78 is 10.6. The Morgan fingerprint density at radius 1 is 1.26 bits per heavy atom. The first kappa shape index (κ1) is 19.0. The van der Waals surface area contributed by atoms with Crippen molar-refractivity contribution in [3.8, 4) is 5.75 Å². The van der Waals surface area contributed by atoms with Crippen LogP contribution in [-0.2, 0) is 13.0 Å². The molecule has 0 saturated heterocycles. The molecule has 0 unspecified atom stereocenters. The van der Waals surface area contributed by atoms with Crippen LogP contribution in [-0.4, -0.2) is 26.2 Å². The lowest BCUT2D eigenvalue weighted by atomic mass is 10.2. The number of para-hydroxylation sites is 1. The predicted molar refractivity (Wildman–Crippen MR) is 101 cm³/mol. The maximum absolute atomic E-state index is 12.6. The number of anilines is 1. The van der Waals surface area contributed by atoms with Gasteiger partial charge in [-0.1, -0.05) is 48.4 Å². The molecule has 3 rings (SSSR count). The molecule has 1 N–H and O–H groups in total. The van der Waals surface area contributed by atoms with E-state index in [2.05, 4.69) is 32.6 Å². The Kier molecular flexibility index (Phi) is 6.48. The number of nitrogens with zero attached hydrogens (tertiary/aromatic N) is 4. The van der Waals surface area contributed by atoms with Gasteiger partial charge in [0.15, 0.2) is 6.61 Å². The molecule has 9 heteroatoms. The fraction of sp³-hybridized carbons (Fsp3) is 0.389. The van der Waals surface area contributed by atoms with Crippen LogP contribution in [0.5, 0.6) is 5.75 Å². The minimum Gasteiger partial charge on any atom is -0.485 e. The molecule has 0 fully saturated rings. The first-order valence-electron chi connectivity index (χ1n) is 8.80. The molecule has 0 atom stereocenters. The van der Waals surface area contributed by atoms with Crippen LogP contribution in [0.25, 0.3) is 0 Å². The second-order valence-corrected chi connectivity index (χ2v) is 6.99. The van der Waals surface area contributed by atoms with Gasteiger partial charge in [-0.3, -0.25) is 10.1 Å². The second kappa shape index (κ2) is 9.22. The van der Waals surface area contributed by atoms with E-state index in [0.29, 0.717) is 28.2 Å². The average Bonchev–Trinajstić information content (AvgIpc) is 3.29. The first-order valence-corrected chi connectivity index (χ1v) is 9.62. The highest BCUT2D eigenvalue weighted by Gasteiger charge is 2.15. The van der Waals surface area contributed by atoms with Crippen LogP contribution in [0, 0.1) is 6.92 Å². The summed E-state index contributed by atoms with van der Waals surface area (Å²) in [5.74, 6) is 1.02. The number of amides is 1. The van der Waals surface area contributed by atoms with Crippen molar-refractivity contribution in [1.29, 1.82) is 0 Å². The Morgan fingerprint density at radius 2 is 2.11 bits per heavy atom. The number of unbranched alkanes of at least 4 members (excludes halogenated alkanes) is 2. The van der Waals surface area contributed by atoms with Gasteiger partial charge >= 0.3 is 0 Å². The van der Waals surface area contributed by atoms with Gasteiger partial charge in [-0.05, 0) is 18.6 Å². The summed E-state index contributed by atoms with van der Waals surface area (Å²) in [4.78, 5) is 16.7. The van der Waals surface area contributed by atoms with Gasteiger partial charge in [0.1, 0.15) is 10.8 Å². The van der Waals surface area contributed by atoms with E-state index in [1.165, 1.54) is 11.3 Å². The minimum absolute atomic E-state index is 0.113. The van der Waals surface area contributed by atoms with Crippen molar-refractivity contribution < 1.29 is 14.1 Å². The highest BCUT2D eigenvalue weighted by molar-refractivity contribution is 7.15. The number of hydrogen-bond donors (Lipinski definition) is 1. The molecule has 0 aliphatic heterocycles. The number of ether oxygens (including phenoxy) is 1. The van der Waals surface area contributed by atoms with Crippen LogP contribution in [0.3, 0.4) is 0 Å². The lowest BCUT2D eigenvalue weighted by molar-refractivity contribution is 0.102. The van der Waals surface area contributed by atoms with Gasteiger partial charge < -0.3 is 9.26 Å². The molecule has 0 spiro atoms. The van der Waals surface area contributed by atoms with E-state index in [0.717, 1.165) is 30.7 Å². The zero-order chi connectivity index (χ0) is 19.1. The summed E-state index contributed by atoms with van der Waals surface area (Å²) in [5.41, 5.74) is 0.403. The van der Waals surface area contributed by atoms with Crippen molar-refractivity contribution in [2.45, 2.75) is 46.1 Å². The number of carbonyl (C=O) groups is 1. The predicted octanol–water partition coefficient (Wildman–Crippen LogP) is 3.79. The summed E-state index contributed by atoms with van der Waals surface area (Å²) >= 11 is 1.40. The van der Waals surface area contributed by atoms with Gasteiger partial charge in [0.2, 0.25) is 16.8 Å². The summed E-state index contributed by atoms with van der Waals surface area (Å²) in [6.07, 6.45) is 4.27. The number of aromatic nitrogens is 4. The van der Waals surface area contributed by atoms with Crippen LogP contribution >= 0.6 is 11.3 Å². The van der Waals surface area contributed by atoms with Gasteiger partial charge in [0.05, 0.1) is 5.56 Å². The van der Waals surface area contributed by atoms with Crippen molar-refractivity contribution in [2.75, 3.05) is 5.32 Å². The van der Waals surface area contributed by atoms with Gasteiger partial charge in [-0.2, -0.15) is 4.98 Å². The van der Waals surface area contributed by atoms with Crippen LogP contribution in [0.4, 0.5) is 5.13 Å². The smallest absolute Gasteiger partial charge is 0.261 e. The molecule has 2 heterocycles. The summed E-state index contributed by atoms with van der Waals surface area (Å²) in [7, 11) is 0. The van der Waals surface area contributed by atoms with Crippen LogP contribution in [0.2, 0.25) is 0 Å². The van der Waals surface area contributed by atoms with Crippen LogP contribution in [0.15, 0.2) is 28.8 Å². The molecule has 1 aromatic carbocycles. The number of nitrogens with one attached hydrogen (secondary N) is 1. The normalized spacial score (nSPS) is 10.7. The monoisotopic (exact) mass is 387 g/mol. The second-order valence-electron chi connectivity index (χ2n) is 5.93. The lowest BCUT2D eigenvalue weighted by Crippen LogP contribution is -2.13. The molecule has 2 aromatic heterocycles. The number of benzene rings is 1. The van der Waals surface area contributed by atoms with E-state index in [-0.39, 0.29) is 12.5 Å². The highest BCUT2D eigenvalue weighted by Crippen LogP contribution is 2.22. The van der Waals surface area contributed by atoms with Crippen molar-refractivity contribution >= 4 is 22.4 Å². The quantitative estimate of drug-likeness (QED) is 0.557. The molecule has 0 bridgehead atoms. The topological polar surface area (TPSA) is 103 Å². The number of hydrogen-bond acceptors (Lipinski definition) is 8. The molecule has 0 radical (unpaired) electrons. The molecular weight excluding hydrogens is 366 g/mol. The Hall–Kier alpha value is -2.81. The Morgan fingerprint density at radius 3 is 2.89 bits per heavy atom. The van der Waals surface area contributed by atoms with E-state index in [4.69, 9.17) is 9.26 Å². The molecule has 27 heavy (non-hydrogen) atoms. The number of rotatable bonds is 9. The first-order chi connectivity index (χ1) is 13.2. The number of carbonyl (C=O) groups excluding carboxylic acids is 1. The SMILES string of the molecule is CCCCCc1nnc(NC(=O)c2ccccc2OCc2noc(C)n2)s1. The van der Waals surface area contributed by atoms with E-state index in [9.17, 15) is 4.79 Å². The van der Waals surface area contributed by atoms with E-state index in [1.54, 1.807) is 31.2 Å². The van der Waals surface area contributed by atoms with Crippen molar-refractivity contribution in [3.63, 3.8) is 0 Å². The van der Waals surface area contributed by atoms with Crippen LogP contribution < -0.4 is 10.1 Å².